The van der Waals surface area contributed by atoms with Crippen molar-refractivity contribution < 1.29 is 22.4 Å². The number of anilines is 1. The van der Waals surface area contributed by atoms with Gasteiger partial charge in [0, 0.05) is 30.6 Å². The molecule has 0 aliphatic heterocycles. The fraction of sp³-hybridized carbons (Fsp3) is 0.440. The fourth-order valence-corrected chi connectivity index (χ4v) is 4.90. The van der Waals surface area contributed by atoms with Gasteiger partial charge in [-0.3, -0.25) is 13.9 Å². The van der Waals surface area contributed by atoms with E-state index in [1.165, 1.54) is 29.2 Å². The molecular weight excluding hydrogens is 528 g/mol. The second-order valence-corrected chi connectivity index (χ2v) is 11.4. The highest BCUT2D eigenvalue weighted by atomic mass is 35.5. The molecule has 2 rings (SSSR count). The average molecular weight is 561 g/mol. The van der Waals surface area contributed by atoms with Crippen LogP contribution in [0.4, 0.5) is 10.1 Å². The van der Waals surface area contributed by atoms with E-state index >= 15 is 0 Å². The van der Waals surface area contributed by atoms with Gasteiger partial charge in [-0.2, -0.15) is 0 Å². The smallest absolute Gasteiger partial charge is 0.242 e. The Balaban J connectivity index is 2.20. The number of carbonyl (C=O) groups excluding carboxylic acids is 2. The van der Waals surface area contributed by atoms with Crippen LogP contribution in [-0.4, -0.2) is 50.0 Å². The lowest BCUT2D eigenvalue weighted by Gasteiger charge is -2.30. The van der Waals surface area contributed by atoms with E-state index in [0.29, 0.717) is 10.6 Å². The van der Waals surface area contributed by atoms with Crippen LogP contribution >= 0.6 is 23.2 Å². The highest BCUT2D eigenvalue weighted by Crippen LogP contribution is 2.31. The highest BCUT2D eigenvalue weighted by Gasteiger charge is 2.27. The number of rotatable bonds is 12. The zero-order valence-corrected chi connectivity index (χ0v) is 23.1. The number of nitrogens with one attached hydrogen (secondary N) is 1. The van der Waals surface area contributed by atoms with Crippen molar-refractivity contribution in [3.63, 3.8) is 0 Å². The molecule has 0 unspecified atom stereocenters. The molecule has 0 aliphatic carbocycles. The first-order valence-electron chi connectivity index (χ1n) is 11.6. The van der Waals surface area contributed by atoms with Crippen LogP contribution in [0.2, 0.25) is 10.0 Å². The maximum absolute atomic E-state index is 13.4. The topological polar surface area (TPSA) is 86.8 Å². The SMILES string of the molecule is CC[C@@H](C)NC(=O)[C@H](C)N(Cc1ccc(F)cc1)C(=O)CCCN(c1cc(Cl)ccc1Cl)S(C)(=O)=O. The van der Waals surface area contributed by atoms with Crippen LogP contribution in [0.5, 0.6) is 0 Å². The molecule has 0 fully saturated rings. The van der Waals surface area contributed by atoms with Crippen molar-refractivity contribution in [2.24, 2.45) is 0 Å². The number of benzene rings is 2. The van der Waals surface area contributed by atoms with Crippen LogP contribution in [0.3, 0.4) is 0 Å². The quantitative estimate of drug-likeness (QED) is 0.396. The number of hydrogen-bond donors (Lipinski definition) is 1. The molecular formula is C25H32Cl2FN3O4S. The Morgan fingerprint density at radius 3 is 2.31 bits per heavy atom. The van der Waals surface area contributed by atoms with Crippen LogP contribution in [0.15, 0.2) is 42.5 Å². The van der Waals surface area contributed by atoms with E-state index in [-0.39, 0.29) is 54.5 Å². The zero-order chi connectivity index (χ0) is 27.0. The van der Waals surface area contributed by atoms with E-state index in [2.05, 4.69) is 5.32 Å². The third kappa shape index (κ3) is 8.64. The third-order valence-corrected chi connectivity index (χ3v) is 7.50. The summed E-state index contributed by atoms with van der Waals surface area (Å²) in [6, 6.07) is 9.36. The minimum atomic E-state index is -3.71. The van der Waals surface area contributed by atoms with Crippen LogP contribution in [0.25, 0.3) is 0 Å². The maximum atomic E-state index is 13.4. The molecule has 0 radical (unpaired) electrons. The standard InChI is InChI=1S/C25H32Cl2FN3O4S/c1-5-17(2)29-25(33)18(3)30(16-19-8-11-21(28)12-9-19)24(32)7-6-14-31(36(4,34)35)23-15-20(26)10-13-22(23)27/h8-13,15,17-18H,5-7,14,16H2,1-4H3,(H,29,33)/t17-,18+/m1/s1. The molecule has 0 spiro atoms. The van der Waals surface area contributed by atoms with Crippen LogP contribution in [0, 0.1) is 5.82 Å². The van der Waals surface area contributed by atoms with E-state index in [1.54, 1.807) is 25.1 Å². The number of carbonyl (C=O) groups is 2. The lowest BCUT2D eigenvalue weighted by molar-refractivity contribution is -0.140. The van der Waals surface area contributed by atoms with Crippen LogP contribution < -0.4 is 9.62 Å². The van der Waals surface area contributed by atoms with Gasteiger partial charge in [0.1, 0.15) is 11.9 Å². The minimum Gasteiger partial charge on any atom is -0.352 e. The molecule has 2 aromatic rings. The zero-order valence-electron chi connectivity index (χ0n) is 20.8. The van der Waals surface area contributed by atoms with Crippen LogP contribution in [0.1, 0.15) is 45.6 Å². The monoisotopic (exact) mass is 559 g/mol. The van der Waals surface area contributed by atoms with E-state index in [9.17, 15) is 22.4 Å². The number of nitrogens with zero attached hydrogens (tertiary/aromatic N) is 2. The molecule has 0 saturated heterocycles. The number of sulfonamides is 1. The summed E-state index contributed by atoms with van der Waals surface area (Å²) in [4.78, 5) is 27.5. The van der Waals surface area contributed by atoms with Gasteiger partial charge in [0.15, 0.2) is 0 Å². The first-order valence-corrected chi connectivity index (χ1v) is 14.2. The number of hydrogen-bond acceptors (Lipinski definition) is 4. The summed E-state index contributed by atoms with van der Waals surface area (Å²) in [6.45, 7) is 5.54. The van der Waals surface area contributed by atoms with Gasteiger partial charge in [-0.15, -0.1) is 0 Å². The summed E-state index contributed by atoms with van der Waals surface area (Å²) in [5.41, 5.74) is 0.889. The third-order valence-electron chi connectivity index (χ3n) is 5.76. The molecule has 7 nitrogen and oxygen atoms in total. The summed E-state index contributed by atoms with van der Waals surface area (Å²) in [5.74, 6) is -1.04. The second kappa shape index (κ2) is 13.3. The van der Waals surface area contributed by atoms with Gasteiger partial charge in [-0.25, -0.2) is 12.8 Å². The molecule has 0 saturated carbocycles. The lowest BCUT2D eigenvalue weighted by atomic mass is 10.1. The van der Waals surface area contributed by atoms with Crippen molar-refractivity contribution in [1.29, 1.82) is 0 Å². The Labute approximate surface area is 222 Å². The normalized spacial score (nSPS) is 13.1. The van der Waals surface area contributed by atoms with Crippen molar-refractivity contribution in [3.8, 4) is 0 Å². The largest absolute Gasteiger partial charge is 0.352 e. The predicted molar refractivity (Wildman–Crippen MR) is 142 cm³/mol. The van der Waals surface area contributed by atoms with Gasteiger partial charge < -0.3 is 10.2 Å². The first kappa shape index (κ1) is 29.9. The predicted octanol–water partition coefficient (Wildman–Crippen LogP) is 5.01. The molecule has 1 N–H and O–H groups in total. The Kier molecular flexibility index (Phi) is 11.0. The van der Waals surface area contributed by atoms with Crippen molar-refractivity contribution >= 4 is 50.7 Å². The Hall–Kier alpha value is -2.36. The summed E-state index contributed by atoms with van der Waals surface area (Å²) in [6.07, 6.45) is 1.94. The molecule has 2 atom stereocenters. The lowest BCUT2D eigenvalue weighted by Crippen LogP contribution is -2.49. The number of amides is 2. The summed E-state index contributed by atoms with van der Waals surface area (Å²) in [7, 11) is -3.71. The fourth-order valence-electron chi connectivity index (χ4n) is 3.49. The van der Waals surface area contributed by atoms with E-state index in [4.69, 9.17) is 23.2 Å². The van der Waals surface area contributed by atoms with E-state index < -0.39 is 21.9 Å². The molecule has 36 heavy (non-hydrogen) atoms. The molecule has 2 amide bonds. The minimum absolute atomic E-state index is 0.0114. The molecule has 2 aromatic carbocycles. The Morgan fingerprint density at radius 1 is 1.08 bits per heavy atom. The summed E-state index contributed by atoms with van der Waals surface area (Å²) < 4.78 is 39.4. The highest BCUT2D eigenvalue weighted by molar-refractivity contribution is 7.92. The molecule has 11 heteroatoms. The van der Waals surface area contributed by atoms with Gasteiger partial charge in [0.2, 0.25) is 21.8 Å². The Morgan fingerprint density at radius 2 is 1.72 bits per heavy atom. The van der Waals surface area contributed by atoms with Crippen molar-refractivity contribution in [2.45, 2.75) is 58.7 Å². The van der Waals surface area contributed by atoms with Gasteiger partial charge in [-0.05, 0) is 62.6 Å². The van der Waals surface area contributed by atoms with Crippen LogP contribution in [-0.2, 0) is 26.2 Å². The van der Waals surface area contributed by atoms with Gasteiger partial charge in [0.25, 0.3) is 0 Å². The summed E-state index contributed by atoms with van der Waals surface area (Å²) >= 11 is 12.2. The second-order valence-electron chi connectivity index (χ2n) is 8.68. The van der Waals surface area contributed by atoms with Gasteiger partial charge >= 0.3 is 0 Å². The Bertz CT molecular complexity index is 1160. The molecule has 0 bridgehead atoms. The van der Waals surface area contributed by atoms with Gasteiger partial charge in [0.05, 0.1) is 17.0 Å². The molecule has 0 heterocycles. The van der Waals surface area contributed by atoms with Crippen molar-refractivity contribution in [2.75, 3.05) is 17.1 Å². The van der Waals surface area contributed by atoms with Gasteiger partial charge in [-0.1, -0.05) is 42.3 Å². The van der Waals surface area contributed by atoms with Crippen molar-refractivity contribution in [3.05, 3.63) is 63.9 Å². The molecule has 0 aromatic heterocycles. The average Bonchev–Trinajstić information content (AvgIpc) is 2.81. The van der Waals surface area contributed by atoms with Crippen molar-refractivity contribution in [1.82, 2.24) is 10.2 Å². The van der Waals surface area contributed by atoms with E-state index in [0.717, 1.165) is 17.0 Å². The van der Waals surface area contributed by atoms with E-state index in [1.807, 2.05) is 13.8 Å². The number of halogens is 3. The first-order chi connectivity index (χ1) is 16.8. The molecule has 198 valence electrons. The molecule has 0 aliphatic rings. The summed E-state index contributed by atoms with van der Waals surface area (Å²) in [5, 5.41) is 3.42. The maximum Gasteiger partial charge on any atom is 0.242 e.